The smallest absolute Gasteiger partial charge is 0.287 e. The van der Waals surface area contributed by atoms with Crippen LogP contribution in [0.1, 0.15) is 73.5 Å². The van der Waals surface area contributed by atoms with Gasteiger partial charge in [0.15, 0.2) is 11.5 Å². The third kappa shape index (κ3) is 5.12. The van der Waals surface area contributed by atoms with Gasteiger partial charge in [-0.3, -0.25) is 4.79 Å². The molecule has 6 heteroatoms. The molecule has 5 rings (SSSR count). The van der Waals surface area contributed by atoms with Gasteiger partial charge in [0.2, 0.25) is 0 Å². The number of nitrogens with one attached hydrogen (secondary N) is 1. The second-order valence-electron chi connectivity index (χ2n) is 9.83. The molecule has 0 radical (unpaired) electrons. The zero-order valence-electron chi connectivity index (χ0n) is 20.3. The lowest BCUT2D eigenvalue weighted by Crippen LogP contribution is -2.37. The van der Waals surface area contributed by atoms with Gasteiger partial charge in [0.1, 0.15) is 5.69 Å². The molecule has 1 saturated heterocycles. The molecule has 0 atom stereocenters. The number of hydrogen-bond acceptors (Lipinski definition) is 4. The summed E-state index contributed by atoms with van der Waals surface area (Å²) in [6, 6.07) is 12.6. The van der Waals surface area contributed by atoms with E-state index < -0.39 is 0 Å². The molecule has 1 saturated carbocycles. The maximum absolute atomic E-state index is 12.8. The van der Waals surface area contributed by atoms with E-state index in [1.54, 1.807) is 6.07 Å². The van der Waals surface area contributed by atoms with Gasteiger partial charge in [0, 0.05) is 24.7 Å². The van der Waals surface area contributed by atoms with Crippen LogP contribution in [-0.4, -0.2) is 46.5 Å². The molecule has 2 aliphatic rings. The van der Waals surface area contributed by atoms with Crippen LogP contribution in [0.25, 0.3) is 22.7 Å². The Kier molecular flexibility index (Phi) is 7.14. The predicted molar refractivity (Wildman–Crippen MR) is 135 cm³/mol. The number of nitrogens with zero attached hydrogens (tertiary/aromatic N) is 3. The van der Waals surface area contributed by atoms with Crippen LogP contribution in [0.5, 0.6) is 0 Å². The maximum atomic E-state index is 12.8. The van der Waals surface area contributed by atoms with Crippen LogP contribution in [0.15, 0.2) is 47.1 Å². The van der Waals surface area contributed by atoms with Crippen LogP contribution in [0.3, 0.4) is 0 Å². The molecule has 0 bridgehead atoms. The lowest BCUT2D eigenvalue weighted by molar-refractivity contribution is 0.0919. The summed E-state index contributed by atoms with van der Waals surface area (Å²) in [5.41, 5.74) is 4.18. The average molecular weight is 461 g/mol. The molecule has 6 nitrogen and oxygen atoms in total. The lowest BCUT2D eigenvalue weighted by Gasteiger charge is -2.26. The summed E-state index contributed by atoms with van der Waals surface area (Å²) in [6.07, 6.45) is 11.9. The van der Waals surface area contributed by atoms with Crippen molar-refractivity contribution in [2.45, 2.75) is 64.3 Å². The molecule has 1 amide bonds. The fraction of sp³-hybridized carbons (Fsp3) is 0.500. The largest absolute Gasteiger partial charge is 0.449 e. The molecule has 3 heterocycles. The summed E-state index contributed by atoms with van der Waals surface area (Å²) < 4.78 is 8.45. The van der Waals surface area contributed by atoms with Gasteiger partial charge >= 0.3 is 0 Å². The third-order valence-electron chi connectivity index (χ3n) is 7.31. The zero-order chi connectivity index (χ0) is 23.3. The van der Waals surface area contributed by atoms with Crippen LogP contribution in [-0.2, 0) is 0 Å². The number of rotatable bonds is 7. The number of benzene rings is 1. The summed E-state index contributed by atoms with van der Waals surface area (Å²) in [4.78, 5) is 20.0. The molecular formula is C28H36N4O2. The molecule has 1 aliphatic carbocycles. The summed E-state index contributed by atoms with van der Waals surface area (Å²) in [5.74, 6) is 0.920. The Balaban J connectivity index is 1.37. The van der Waals surface area contributed by atoms with Crippen molar-refractivity contribution in [3.8, 4) is 22.7 Å². The first-order valence-electron chi connectivity index (χ1n) is 12.9. The maximum Gasteiger partial charge on any atom is 0.287 e. The van der Waals surface area contributed by atoms with Gasteiger partial charge in [-0.05, 0) is 57.8 Å². The van der Waals surface area contributed by atoms with E-state index in [2.05, 4.69) is 46.0 Å². The van der Waals surface area contributed by atoms with Gasteiger partial charge in [0.05, 0.1) is 12.0 Å². The third-order valence-corrected chi connectivity index (χ3v) is 7.31. The van der Waals surface area contributed by atoms with Crippen molar-refractivity contribution >= 4 is 5.91 Å². The highest BCUT2D eigenvalue weighted by molar-refractivity contribution is 5.92. The fourth-order valence-electron chi connectivity index (χ4n) is 5.35. The molecule has 0 spiro atoms. The number of hydrogen-bond donors (Lipinski definition) is 1. The second kappa shape index (κ2) is 10.6. The molecule has 3 aromatic rings. The molecule has 180 valence electrons. The van der Waals surface area contributed by atoms with Crippen LogP contribution in [0.2, 0.25) is 0 Å². The monoisotopic (exact) mass is 460 g/mol. The average Bonchev–Trinajstić information content (AvgIpc) is 3.53. The van der Waals surface area contributed by atoms with E-state index in [1.807, 2.05) is 12.4 Å². The Bertz CT molecular complexity index is 1090. The molecule has 1 aromatic carbocycles. The fourth-order valence-corrected chi connectivity index (χ4v) is 5.35. The quantitative estimate of drug-likeness (QED) is 0.481. The van der Waals surface area contributed by atoms with Crippen LogP contribution in [0, 0.1) is 6.92 Å². The van der Waals surface area contributed by atoms with Crippen molar-refractivity contribution in [3.63, 3.8) is 0 Å². The van der Waals surface area contributed by atoms with E-state index in [1.165, 1.54) is 44.1 Å². The molecule has 1 aliphatic heterocycles. The topological polar surface area (TPSA) is 63.3 Å². The minimum Gasteiger partial charge on any atom is -0.449 e. The number of piperidine rings is 1. The van der Waals surface area contributed by atoms with E-state index in [-0.39, 0.29) is 5.91 Å². The SMILES string of the molecule is Cc1ccc(-c2ncn(C3CCCCC3)c2-c2ccc(C(=O)NCCN3CCCCC3)o2)cc1. The van der Waals surface area contributed by atoms with Crippen molar-refractivity contribution in [3.05, 3.63) is 54.0 Å². The zero-order valence-corrected chi connectivity index (χ0v) is 20.3. The molecule has 2 fully saturated rings. The van der Waals surface area contributed by atoms with Crippen molar-refractivity contribution in [1.29, 1.82) is 0 Å². The van der Waals surface area contributed by atoms with E-state index in [0.717, 1.165) is 49.4 Å². The minimum absolute atomic E-state index is 0.149. The van der Waals surface area contributed by atoms with Crippen molar-refractivity contribution < 1.29 is 9.21 Å². The van der Waals surface area contributed by atoms with Gasteiger partial charge in [0.25, 0.3) is 5.91 Å². The van der Waals surface area contributed by atoms with Gasteiger partial charge in [-0.2, -0.15) is 0 Å². The van der Waals surface area contributed by atoms with E-state index in [9.17, 15) is 4.79 Å². The number of amides is 1. The number of carbonyl (C=O) groups excluding carboxylic acids is 1. The first-order valence-corrected chi connectivity index (χ1v) is 12.9. The summed E-state index contributed by atoms with van der Waals surface area (Å²) in [6.45, 7) is 5.89. The van der Waals surface area contributed by atoms with Gasteiger partial charge < -0.3 is 19.2 Å². The lowest BCUT2D eigenvalue weighted by atomic mass is 9.95. The van der Waals surface area contributed by atoms with Crippen LogP contribution < -0.4 is 5.32 Å². The minimum atomic E-state index is -0.149. The van der Waals surface area contributed by atoms with Crippen molar-refractivity contribution in [2.75, 3.05) is 26.2 Å². The number of carbonyl (C=O) groups is 1. The van der Waals surface area contributed by atoms with Crippen molar-refractivity contribution in [1.82, 2.24) is 19.8 Å². The van der Waals surface area contributed by atoms with Gasteiger partial charge in [-0.25, -0.2) is 4.98 Å². The van der Waals surface area contributed by atoms with E-state index >= 15 is 0 Å². The normalized spacial score (nSPS) is 17.7. The molecular weight excluding hydrogens is 424 g/mol. The van der Waals surface area contributed by atoms with Crippen molar-refractivity contribution in [2.24, 2.45) is 0 Å². The highest BCUT2D eigenvalue weighted by atomic mass is 16.4. The highest BCUT2D eigenvalue weighted by Crippen LogP contribution is 2.38. The van der Waals surface area contributed by atoms with Crippen LogP contribution in [0.4, 0.5) is 0 Å². The second-order valence-corrected chi connectivity index (χ2v) is 9.83. The summed E-state index contributed by atoms with van der Waals surface area (Å²) in [7, 11) is 0. The predicted octanol–water partition coefficient (Wildman–Crippen LogP) is 5.84. The Labute approximate surface area is 202 Å². The first-order chi connectivity index (χ1) is 16.7. The number of likely N-dealkylation sites (tertiary alicyclic amines) is 1. The van der Waals surface area contributed by atoms with E-state index in [4.69, 9.17) is 9.40 Å². The van der Waals surface area contributed by atoms with Gasteiger partial charge in [-0.1, -0.05) is 55.5 Å². The molecule has 34 heavy (non-hydrogen) atoms. The highest BCUT2D eigenvalue weighted by Gasteiger charge is 2.25. The number of aromatic nitrogens is 2. The first kappa shape index (κ1) is 22.9. The number of furan rings is 1. The Morgan fingerprint density at radius 1 is 1.00 bits per heavy atom. The Hall–Kier alpha value is -2.86. The number of imidazole rings is 1. The Morgan fingerprint density at radius 3 is 2.50 bits per heavy atom. The molecule has 2 aromatic heterocycles. The summed E-state index contributed by atoms with van der Waals surface area (Å²) in [5, 5.41) is 3.04. The van der Waals surface area contributed by atoms with E-state index in [0.29, 0.717) is 24.1 Å². The Morgan fingerprint density at radius 2 is 1.74 bits per heavy atom. The summed E-state index contributed by atoms with van der Waals surface area (Å²) >= 11 is 0. The number of aryl methyl sites for hydroxylation is 1. The molecule has 0 unspecified atom stereocenters. The van der Waals surface area contributed by atoms with Crippen LogP contribution >= 0.6 is 0 Å². The standard InChI is InChI=1S/C28H36N4O2/c1-21-10-12-22(13-11-21)26-27(32(20-30-26)23-8-4-2-5-9-23)24-14-15-25(34-24)28(33)29-16-19-31-17-6-3-7-18-31/h10-15,20,23H,2-9,16-19H2,1H3,(H,29,33). The molecule has 1 N–H and O–H groups in total. The van der Waals surface area contributed by atoms with Gasteiger partial charge in [-0.15, -0.1) is 0 Å².